The lowest BCUT2D eigenvalue weighted by atomic mass is 10.1. The van der Waals surface area contributed by atoms with Crippen LogP contribution in [0, 0.1) is 0 Å². The number of rotatable bonds is 9. The molecule has 0 spiro atoms. The summed E-state index contributed by atoms with van der Waals surface area (Å²) in [6, 6.07) is 5.55. The quantitative estimate of drug-likeness (QED) is 0.622. The minimum absolute atomic E-state index is 0.0718. The molecule has 0 fully saturated rings. The van der Waals surface area contributed by atoms with E-state index in [2.05, 4.69) is 16.9 Å². The molecule has 1 amide bonds. The number of aromatic amines is 1. The number of carbonyl (C=O) groups is 1. The lowest BCUT2D eigenvalue weighted by Crippen LogP contribution is -2.38. The van der Waals surface area contributed by atoms with E-state index in [0.717, 1.165) is 28.6 Å². The van der Waals surface area contributed by atoms with E-state index in [1.54, 1.807) is 6.08 Å². The van der Waals surface area contributed by atoms with Gasteiger partial charge in [0.15, 0.2) is 0 Å². The van der Waals surface area contributed by atoms with E-state index in [1.807, 2.05) is 31.3 Å². The third kappa shape index (κ3) is 4.36. The molecule has 1 aromatic heterocycles. The Morgan fingerprint density at radius 2 is 2.35 bits per heavy atom. The van der Waals surface area contributed by atoms with Crippen LogP contribution >= 0.6 is 0 Å². The third-order valence-electron chi connectivity index (χ3n) is 3.70. The minimum Gasteiger partial charge on any atom is -0.493 e. The van der Waals surface area contributed by atoms with Gasteiger partial charge < -0.3 is 20.1 Å². The molecule has 0 bridgehead atoms. The van der Waals surface area contributed by atoms with Crippen LogP contribution in [0.1, 0.15) is 25.3 Å². The van der Waals surface area contributed by atoms with Gasteiger partial charge in [0.25, 0.3) is 0 Å². The van der Waals surface area contributed by atoms with Gasteiger partial charge in [-0.05, 0) is 37.5 Å². The number of aliphatic hydroxyl groups excluding tert-OH is 1. The van der Waals surface area contributed by atoms with Crippen LogP contribution in [0.5, 0.6) is 5.75 Å². The molecule has 0 aliphatic heterocycles. The van der Waals surface area contributed by atoms with Gasteiger partial charge in [-0.3, -0.25) is 4.79 Å². The van der Waals surface area contributed by atoms with E-state index < -0.39 is 0 Å². The van der Waals surface area contributed by atoms with Crippen molar-refractivity contribution < 1.29 is 14.6 Å². The molecule has 1 atom stereocenters. The predicted octanol–water partition coefficient (Wildman–Crippen LogP) is 2.55. The van der Waals surface area contributed by atoms with Crippen molar-refractivity contribution in [2.24, 2.45) is 0 Å². The number of fused-ring (bicyclic) bond motifs is 1. The fraction of sp³-hybridized carbons (Fsp3) is 0.389. The van der Waals surface area contributed by atoms with Crippen LogP contribution in [0.15, 0.2) is 37.1 Å². The second-order valence-electron chi connectivity index (χ2n) is 5.42. The number of allylic oxidation sites excluding steroid dienone is 1. The number of hydrogen-bond acceptors (Lipinski definition) is 3. The first-order valence-corrected chi connectivity index (χ1v) is 7.92. The van der Waals surface area contributed by atoms with Gasteiger partial charge in [0.2, 0.25) is 5.91 Å². The number of aromatic nitrogens is 1. The van der Waals surface area contributed by atoms with E-state index in [4.69, 9.17) is 4.74 Å². The number of hydrogen-bond donors (Lipinski definition) is 3. The van der Waals surface area contributed by atoms with Crippen LogP contribution in [0.3, 0.4) is 0 Å². The van der Waals surface area contributed by atoms with Gasteiger partial charge in [-0.25, -0.2) is 0 Å². The first-order chi connectivity index (χ1) is 11.2. The van der Waals surface area contributed by atoms with Gasteiger partial charge in [-0.1, -0.05) is 12.1 Å². The van der Waals surface area contributed by atoms with Crippen molar-refractivity contribution in [3.63, 3.8) is 0 Å². The topological polar surface area (TPSA) is 74.4 Å². The zero-order valence-electron chi connectivity index (χ0n) is 13.5. The largest absolute Gasteiger partial charge is 0.493 e. The SMILES string of the molecule is C=CCCC(CO)NC(=O)Cc1c[nH]c2cccc(OCC)c12. The molecule has 0 aliphatic rings. The van der Waals surface area contributed by atoms with Crippen molar-refractivity contribution in [1.82, 2.24) is 10.3 Å². The van der Waals surface area contributed by atoms with Gasteiger partial charge in [-0.15, -0.1) is 6.58 Å². The minimum atomic E-state index is -0.239. The molecule has 0 saturated carbocycles. The molecule has 5 nitrogen and oxygen atoms in total. The van der Waals surface area contributed by atoms with Crippen molar-refractivity contribution in [2.75, 3.05) is 13.2 Å². The molecule has 3 N–H and O–H groups in total. The summed E-state index contributed by atoms with van der Waals surface area (Å²) >= 11 is 0. The number of aliphatic hydroxyl groups is 1. The first-order valence-electron chi connectivity index (χ1n) is 7.92. The summed E-state index contributed by atoms with van der Waals surface area (Å²) in [5.41, 5.74) is 1.84. The lowest BCUT2D eigenvalue weighted by molar-refractivity contribution is -0.121. The first kappa shape index (κ1) is 17.1. The summed E-state index contributed by atoms with van der Waals surface area (Å²) in [7, 11) is 0. The van der Waals surface area contributed by atoms with Crippen molar-refractivity contribution in [3.8, 4) is 5.75 Å². The Hall–Kier alpha value is -2.27. The Balaban J connectivity index is 2.11. The molecule has 1 unspecified atom stereocenters. The maximum Gasteiger partial charge on any atom is 0.224 e. The molecule has 2 rings (SSSR count). The Morgan fingerprint density at radius 3 is 3.04 bits per heavy atom. The number of amides is 1. The molecule has 2 aromatic rings. The summed E-state index contributed by atoms with van der Waals surface area (Å²) in [5, 5.41) is 13.1. The van der Waals surface area contributed by atoms with Crippen LogP contribution in [-0.4, -0.2) is 35.3 Å². The molecule has 23 heavy (non-hydrogen) atoms. The molecular formula is C18H24N2O3. The Morgan fingerprint density at radius 1 is 1.52 bits per heavy atom. The van der Waals surface area contributed by atoms with E-state index in [-0.39, 0.29) is 25.0 Å². The Labute approximate surface area is 136 Å². The Bertz CT molecular complexity index is 663. The van der Waals surface area contributed by atoms with Gasteiger partial charge in [0.1, 0.15) is 5.75 Å². The average Bonchev–Trinajstić information content (AvgIpc) is 2.95. The number of carbonyl (C=O) groups excluding carboxylic acids is 1. The zero-order chi connectivity index (χ0) is 16.7. The maximum absolute atomic E-state index is 12.3. The highest BCUT2D eigenvalue weighted by atomic mass is 16.5. The number of ether oxygens (including phenoxy) is 1. The summed E-state index contributed by atoms with van der Waals surface area (Å²) in [5.74, 6) is 0.666. The smallest absolute Gasteiger partial charge is 0.224 e. The molecule has 1 aromatic carbocycles. The van der Waals surface area contributed by atoms with Gasteiger partial charge >= 0.3 is 0 Å². The molecule has 5 heteroatoms. The number of benzene rings is 1. The maximum atomic E-state index is 12.3. The average molecular weight is 316 g/mol. The molecule has 1 heterocycles. The fourth-order valence-corrected chi connectivity index (χ4v) is 2.61. The third-order valence-corrected chi connectivity index (χ3v) is 3.70. The lowest BCUT2D eigenvalue weighted by Gasteiger charge is -2.15. The zero-order valence-corrected chi connectivity index (χ0v) is 13.5. The van der Waals surface area contributed by atoms with E-state index in [9.17, 15) is 9.90 Å². The van der Waals surface area contributed by atoms with Crippen molar-refractivity contribution >= 4 is 16.8 Å². The van der Waals surface area contributed by atoms with E-state index >= 15 is 0 Å². The van der Waals surface area contributed by atoms with Crippen molar-refractivity contribution in [3.05, 3.63) is 42.6 Å². The molecule has 124 valence electrons. The van der Waals surface area contributed by atoms with Crippen LogP contribution in [-0.2, 0) is 11.2 Å². The normalized spacial score (nSPS) is 12.1. The van der Waals surface area contributed by atoms with Gasteiger partial charge in [-0.2, -0.15) is 0 Å². The fourth-order valence-electron chi connectivity index (χ4n) is 2.61. The van der Waals surface area contributed by atoms with Crippen LogP contribution in [0.25, 0.3) is 10.9 Å². The summed E-state index contributed by atoms with van der Waals surface area (Å²) in [6.45, 7) is 6.09. The summed E-state index contributed by atoms with van der Waals surface area (Å²) < 4.78 is 5.65. The second kappa shape index (κ2) is 8.39. The summed E-state index contributed by atoms with van der Waals surface area (Å²) in [6.07, 6.45) is 5.30. The van der Waals surface area contributed by atoms with E-state index in [1.165, 1.54) is 0 Å². The second-order valence-corrected chi connectivity index (χ2v) is 5.42. The monoisotopic (exact) mass is 316 g/mol. The van der Waals surface area contributed by atoms with Gasteiger partial charge in [0, 0.05) is 17.1 Å². The molecule has 0 saturated heterocycles. The van der Waals surface area contributed by atoms with Gasteiger partial charge in [0.05, 0.1) is 25.7 Å². The number of nitrogens with one attached hydrogen (secondary N) is 2. The highest BCUT2D eigenvalue weighted by Gasteiger charge is 2.15. The highest BCUT2D eigenvalue weighted by molar-refractivity contribution is 5.93. The molecule has 0 radical (unpaired) electrons. The highest BCUT2D eigenvalue weighted by Crippen LogP contribution is 2.29. The standard InChI is InChI=1S/C18H24N2O3/c1-3-5-7-14(12-21)20-17(22)10-13-11-19-15-8-6-9-16(18(13)15)23-4-2/h3,6,8-9,11,14,19,21H,1,4-5,7,10,12H2,2H3,(H,20,22). The van der Waals surface area contributed by atoms with Crippen molar-refractivity contribution in [1.29, 1.82) is 0 Å². The Kier molecular flexibility index (Phi) is 6.23. The number of H-pyrrole nitrogens is 1. The van der Waals surface area contributed by atoms with E-state index in [0.29, 0.717) is 13.0 Å². The van der Waals surface area contributed by atoms with Crippen LogP contribution in [0.2, 0.25) is 0 Å². The molecule has 0 aliphatic carbocycles. The van der Waals surface area contributed by atoms with Crippen LogP contribution in [0.4, 0.5) is 0 Å². The predicted molar refractivity (Wildman–Crippen MR) is 91.6 cm³/mol. The molecular weight excluding hydrogens is 292 g/mol. The summed E-state index contributed by atoms with van der Waals surface area (Å²) in [4.78, 5) is 15.4. The van der Waals surface area contributed by atoms with Crippen molar-refractivity contribution in [2.45, 2.75) is 32.2 Å². The van der Waals surface area contributed by atoms with Crippen LogP contribution < -0.4 is 10.1 Å².